The smallest absolute Gasteiger partial charge is 0.193 e. The molecule has 2 rings (SSSR count). The molecule has 2 heterocycles. The molecule has 0 aliphatic rings. The van der Waals surface area contributed by atoms with Crippen LogP contribution in [0.2, 0.25) is 0 Å². The van der Waals surface area contributed by atoms with Crippen molar-refractivity contribution in [2.24, 2.45) is 0 Å². The first-order valence-corrected chi connectivity index (χ1v) is 8.74. The van der Waals surface area contributed by atoms with E-state index in [1.807, 2.05) is 11.8 Å². The minimum atomic E-state index is 0.557. The molecule has 0 aliphatic heterocycles. The summed E-state index contributed by atoms with van der Waals surface area (Å²) < 4.78 is 2.12. The number of thiazole rings is 1. The lowest BCUT2D eigenvalue weighted by molar-refractivity contribution is 0.494. The quantitative estimate of drug-likeness (QED) is 0.807. The van der Waals surface area contributed by atoms with E-state index in [-0.39, 0.29) is 0 Å². The molecular formula is C13H21N3S2. The van der Waals surface area contributed by atoms with Gasteiger partial charge in [0.1, 0.15) is 0 Å². The molecule has 0 saturated heterocycles. The van der Waals surface area contributed by atoms with Crippen molar-refractivity contribution in [1.29, 1.82) is 0 Å². The Hall–Kier alpha value is -0.520. The maximum absolute atomic E-state index is 4.66. The van der Waals surface area contributed by atoms with Crippen LogP contribution in [0.5, 0.6) is 0 Å². The van der Waals surface area contributed by atoms with Crippen LogP contribution in [0.4, 0.5) is 0 Å². The van der Waals surface area contributed by atoms with Crippen molar-refractivity contribution in [1.82, 2.24) is 14.7 Å². The number of hydrogen-bond donors (Lipinski definition) is 1. The molecule has 100 valence electrons. The number of hydrogen-bond acceptors (Lipinski definition) is 4. The van der Waals surface area contributed by atoms with Crippen LogP contribution in [0.25, 0.3) is 4.96 Å². The molecule has 0 radical (unpaired) electrons. The van der Waals surface area contributed by atoms with Gasteiger partial charge < -0.3 is 5.32 Å². The molecule has 0 aromatic carbocycles. The molecule has 0 spiro atoms. The van der Waals surface area contributed by atoms with Crippen LogP contribution in [0.1, 0.15) is 25.5 Å². The zero-order valence-corrected chi connectivity index (χ0v) is 12.7. The van der Waals surface area contributed by atoms with E-state index in [0.717, 1.165) is 17.9 Å². The van der Waals surface area contributed by atoms with Crippen molar-refractivity contribution in [3.05, 3.63) is 23.5 Å². The van der Waals surface area contributed by atoms with Gasteiger partial charge in [0.2, 0.25) is 0 Å². The number of thioether (sulfide) groups is 1. The Labute approximate surface area is 117 Å². The monoisotopic (exact) mass is 283 g/mol. The molecule has 2 aromatic rings. The van der Waals surface area contributed by atoms with Gasteiger partial charge in [-0.1, -0.05) is 6.92 Å². The summed E-state index contributed by atoms with van der Waals surface area (Å²) in [4.78, 5) is 5.76. The molecule has 0 amide bonds. The molecule has 0 bridgehead atoms. The van der Waals surface area contributed by atoms with E-state index in [9.17, 15) is 0 Å². The number of aromatic nitrogens is 2. The second-order valence-corrected chi connectivity index (χ2v) is 6.32. The first-order valence-electron chi connectivity index (χ1n) is 6.47. The van der Waals surface area contributed by atoms with Crippen molar-refractivity contribution < 1.29 is 0 Å². The number of fused-ring (bicyclic) bond motifs is 1. The van der Waals surface area contributed by atoms with E-state index < -0.39 is 0 Å². The topological polar surface area (TPSA) is 29.3 Å². The largest absolute Gasteiger partial charge is 0.314 e. The number of rotatable bonds is 8. The molecule has 0 saturated carbocycles. The van der Waals surface area contributed by atoms with E-state index in [4.69, 9.17) is 0 Å². The van der Waals surface area contributed by atoms with E-state index in [0.29, 0.717) is 6.04 Å². The van der Waals surface area contributed by atoms with Crippen LogP contribution in [0.3, 0.4) is 0 Å². The molecule has 1 unspecified atom stereocenters. The first-order chi connectivity index (χ1) is 8.83. The van der Waals surface area contributed by atoms with Crippen molar-refractivity contribution in [3.8, 4) is 0 Å². The third kappa shape index (κ3) is 3.73. The number of nitrogens with one attached hydrogen (secondary N) is 1. The average molecular weight is 283 g/mol. The summed E-state index contributed by atoms with van der Waals surface area (Å²) in [5.41, 5.74) is 1.21. The van der Waals surface area contributed by atoms with Crippen molar-refractivity contribution in [3.63, 3.8) is 0 Å². The Bertz CT molecular complexity index is 427. The van der Waals surface area contributed by atoms with E-state index in [1.54, 1.807) is 11.3 Å². The normalized spacial score (nSPS) is 13.2. The molecule has 1 atom stereocenters. The van der Waals surface area contributed by atoms with E-state index in [1.165, 1.54) is 24.3 Å². The SMILES string of the molecule is CCCNC(CCSC)Cc1cn2ccsc2n1. The molecule has 0 aliphatic carbocycles. The van der Waals surface area contributed by atoms with Crippen LogP contribution in [0, 0.1) is 0 Å². The Balaban J connectivity index is 1.95. The fourth-order valence-corrected chi connectivity index (χ4v) is 3.25. The predicted molar refractivity (Wildman–Crippen MR) is 81.9 cm³/mol. The zero-order chi connectivity index (χ0) is 12.8. The number of nitrogens with zero attached hydrogens (tertiary/aromatic N) is 2. The van der Waals surface area contributed by atoms with Crippen LogP contribution in [0.15, 0.2) is 17.8 Å². The van der Waals surface area contributed by atoms with Gasteiger partial charge in [-0.15, -0.1) is 11.3 Å². The standard InChI is InChI=1S/C13H21N3S2/c1-3-5-14-11(4-7-17-2)9-12-10-16-6-8-18-13(16)15-12/h6,8,10-11,14H,3-5,7,9H2,1-2H3. The lowest BCUT2D eigenvalue weighted by atomic mass is 10.1. The fraction of sp³-hybridized carbons (Fsp3) is 0.615. The Morgan fingerprint density at radius 2 is 2.44 bits per heavy atom. The lowest BCUT2D eigenvalue weighted by Crippen LogP contribution is -2.32. The maximum Gasteiger partial charge on any atom is 0.193 e. The minimum Gasteiger partial charge on any atom is -0.314 e. The molecular weight excluding hydrogens is 262 g/mol. The van der Waals surface area contributed by atoms with Crippen LogP contribution in [-0.4, -0.2) is 34.0 Å². The molecule has 5 heteroatoms. The molecule has 18 heavy (non-hydrogen) atoms. The Morgan fingerprint density at radius 1 is 1.56 bits per heavy atom. The Morgan fingerprint density at radius 3 is 3.17 bits per heavy atom. The summed E-state index contributed by atoms with van der Waals surface area (Å²) in [6.45, 7) is 3.31. The summed E-state index contributed by atoms with van der Waals surface area (Å²) in [5, 5.41) is 5.71. The van der Waals surface area contributed by atoms with Crippen molar-refractivity contribution >= 4 is 28.1 Å². The second-order valence-electron chi connectivity index (χ2n) is 4.46. The molecule has 0 fully saturated rings. The number of imidazole rings is 1. The van der Waals surface area contributed by atoms with Gasteiger partial charge in [-0.3, -0.25) is 4.40 Å². The fourth-order valence-electron chi connectivity index (χ4n) is 2.01. The van der Waals surface area contributed by atoms with E-state index in [2.05, 4.69) is 45.7 Å². The molecule has 3 nitrogen and oxygen atoms in total. The summed E-state index contributed by atoms with van der Waals surface area (Å²) in [6.07, 6.45) is 9.84. The summed E-state index contributed by atoms with van der Waals surface area (Å²) in [6, 6.07) is 0.557. The highest BCUT2D eigenvalue weighted by atomic mass is 32.2. The molecule has 1 N–H and O–H groups in total. The highest BCUT2D eigenvalue weighted by molar-refractivity contribution is 7.98. The highest BCUT2D eigenvalue weighted by Crippen LogP contribution is 2.14. The van der Waals surface area contributed by atoms with Gasteiger partial charge in [-0.25, -0.2) is 4.98 Å². The van der Waals surface area contributed by atoms with Gasteiger partial charge in [0.25, 0.3) is 0 Å². The first kappa shape index (κ1) is 13.9. The van der Waals surface area contributed by atoms with Crippen molar-refractivity contribution in [2.75, 3.05) is 18.6 Å². The summed E-state index contributed by atoms with van der Waals surface area (Å²) in [7, 11) is 0. The van der Waals surface area contributed by atoms with Gasteiger partial charge in [0, 0.05) is 30.2 Å². The van der Waals surface area contributed by atoms with Gasteiger partial charge in [-0.2, -0.15) is 11.8 Å². The van der Waals surface area contributed by atoms with Gasteiger partial charge in [-0.05, 0) is 31.4 Å². The second kappa shape index (κ2) is 7.16. The highest BCUT2D eigenvalue weighted by Gasteiger charge is 2.11. The third-order valence-electron chi connectivity index (χ3n) is 2.95. The van der Waals surface area contributed by atoms with Gasteiger partial charge >= 0.3 is 0 Å². The maximum atomic E-state index is 4.66. The summed E-state index contributed by atoms with van der Waals surface area (Å²) in [5.74, 6) is 1.21. The zero-order valence-electron chi connectivity index (χ0n) is 11.1. The van der Waals surface area contributed by atoms with Crippen LogP contribution < -0.4 is 5.32 Å². The lowest BCUT2D eigenvalue weighted by Gasteiger charge is -2.16. The van der Waals surface area contributed by atoms with Gasteiger partial charge in [0.05, 0.1) is 5.69 Å². The Kier molecular flexibility index (Phi) is 5.53. The predicted octanol–water partition coefficient (Wildman–Crippen LogP) is 3.06. The summed E-state index contributed by atoms with van der Waals surface area (Å²) >= 11 is 3.62. The average Bonchev–Trinajstić information content (AvgIpc) is 2.93. The minimum absolute atomic E-state index is 0.557. The van der Waals surface area contributed by atoms with Crippen molar-refractivity contribution in [2.45, 2.75) is 32.2 Å². The van der Waals surface area contributed by atoms with Gasteiger partial charge in [0.15, 0.2) is 4.96 Å². The van der Waals surface area contributed by atoms with E-state index >= 15 is 0 Å². The molecule has 2 aromatic heterocycles. The van der Waals surface area contributed by atoms with Crippen LogP contribution in [-0.2, 0) is 6.42 Å². The third-order valence-corrected chi connectivity index (χ3v) is 4.37. The van der Waals surface area contributed by atoms with Crippen LogP contribution >= 0.6 is 23.1 Å².